The molecule has 0 spiro atoms. The largest absolute Gasteiger partial charge is 0.496 e. The van der Waals surface area contributed by atoms with Crippen molar-refractivity contribution in [2.75, 3.05) is 20.3 Å². The third-order valence-corrected chi connectivity index (χ3v) is 8.02. The van der Waals surface area contributed by atoms with Crippen molar-refractivity contribution in [3.05, 3.63) is 68.7 Å². The first-order valence-electron chi connectivity index (χ1n) is 11.9. The minimum absolute atomic E-state index is 0.00678. The van der Waals surface area contributed by atoms with Crippen LogP contribution in [-0.2, 0) is 26.4 Å². The predicted octanol–water partition coefficient (Wildman–Crippen LogP) is 3.17. The number of thiophene rings is 1. The number of oxazole rings is 1. The van der Waals surface area contributed by atoms with Crippen LogP contribution in [0.2, 0.25) is 0 Å². The fraction of sp³-hybridized carbons (Fsp3) is 0.385. The van der Waals surface area contributed by atoms with Gasteiger partial charge in [0.1, 0.15) is 34.6 Å². The van der Waals surface area contributed by atoms with E-state index >= 15 is 0 Å². The molecular weight excluding hydrogens is 514 g/mol. The van der Waals surface area contributed by atoms with E-state index in [1.807, 2.05) is 18.2 Å². The summed E-state index contributed by atoms with van der Waals surface area (Å²) < 4.78 is 24.9. The molecule has 200 valence electrons. The zero-order valence-corrected chi connectivity index (χ0v) is 22.1. The lowest BCUT2D eigenvalue weighted by molar-refractivity contribution is -0.159. The fourth-order valence-corrected chi connectivity index (χ4v) is 5.72. The van der Waals surface area contributed by atoms with Crippen LogP contribution in [0.4, 0.5) is 0 Å². The van der Waals surface area contributed by atoms with E-state index in [0.29, 0.717) is 45.7 Å². The maximum atomic E-state index is 14.0. The number of rotatable bonds is 9. The summed E-state index contributed by atoms with van der Waals surface area (Å²) >= 11 is 1.18. The highest BCUT2D eigenvalue weighted by atomic mass is 32.1. The van der Waals surface area contributed by atoms with Crippen molar-refractivity contribution in [1.29, 1.82) is 0 Å². The van der Waals surface area contributed by atoms with Crippen LogP contribution in [0, 0.1) is 6.92 Å². The van der Waals surface area contributed by atoms with Gasteiger partial charge >= 0.3 is 11.7 Å². The normalized spacial score (nSPS) is 14.9. The van der Waals surface area contributed by atoms with E-state index in [1.165, 1.54) is 42.2 Å². The van der Waals surface area contributed by atoms with E-state index < -0.39 is 28.9 Å². The molecule has 0 amide bonds. The van der Waals surface area contributed by atoms with Crippen molar-refractivity contribution in [3.63, 3.8) is 0 Å². The van der Waals surface area contributed by atoms with Gasteiger partial charge in [-0.25, -0.2) is 19.1 Å². The average Bonchev–Trinajstić information content (AvgIpc) is 3.50. The van der Waals surface area contributed by atoms with E-state index in [9.17, 15) is 19.5 Å². The van der Waals surface area contributed by atoms with Crippen molar-refractivity contribution in [2.24, 2.45) is 0 Å². The molecule has 1 fully saturated rings. The maximum Gasteiger partial charge on any atom is 0.333 e. The van der Waals surface area contributed by atoms with Gasteiger partial charge in [-0.05, 0) is 32.4 Å². The molecule has 4 aromatic rings. The lowest BCUT2D eigenvalue weighted by atomic mass is 10.0. The second-order valence-corrected chi connectivity index (χ2v) is 10.5. The molecule has 1 aliphatic heterocycles. The van der Waals surface area contributed by atoms with Gasteiger partial charge in [-0.15, -0.1) is 11.3 Å². The number of benzene rings is 1. The molecule has 1 N–H and O–H groups in total. The van der Waals surface area contributed by atoms with E-state index in [1.54, 1.807) is 20.1 Å². The topological polar surface area (TPSA) is 135 Å². The molecule has 5 rings (SSSR count). The monoisotopic (exact) mass is 541 g/mol. The Kier molecular flexibility index (Phi) is 6.72. The Morgan fingerprint density at radius 3 is 2.63 bits per heavy atom. The molecule has 1 aromatic carbocycles. The Labute approximate surface area is 220 Å². The second kappa shape index (κ2) is 9.86. The molecule has 12 heteroatoms. The minimum atomic E-state index is -1.82. The van der Waals surface area contributed by atoms with E-state index in [2.05, 4.69) is 4.98 Å². The smallest absolute Gasteiger partial charge is 0.333 e. The molecule has 4 heterocycles. The molecule has 11 nitrogen and oxygen atoms in total. The van der Waals surface area contributed by atoms with Gasteiger partial charge in [0.05, 0.1) is 43.3 Å². The molecule has 1 unspecified atom stereocenters. The van der Waals surface area contributed by atoms with Crippen molar-refractivity contribution < 1.29 is 28.5 Å². The van der Waals surface area contributed by atoms with Gasteiger partial charge in [0.2, 0.25) is 5.89 Å². The number of carboxylic acids is 1. The number of aliphatic carboxylic acids is 1. The molecule has 3 aromatic heterocycles. The Balaban J connectivity index is 1.78. The summed E-state index contributed by atoms with van der Waals surface area (Å²) in [6.45, 7) is 5.19. The molecule has 0 bridgehead atoms. The van der Waals surface area contributed by atoms with Crippen LogP contribution in [0.5, 0.6) is 5.75 Å². The highest BCUT2D eigenvalue weighted by Crippen LogP contribution is 2.37. The number of aromatic nitrogens is 3. The van der Waals surface area contributed by atoms with Gasteiger partial charge in [0.25, 0.3) is 5.56 Å². The Hall–Kier alpha value is -3.74. The van der Waals surface area contributed by atoms with Crippen LogP contribution in [0.1, 0.15) is 31.1 Å². The SMILES string of the molecule is COc1ccccc1C(Cn1c(=O)n(C(C)(C)C(=O)O)c(=O)c2c(C)c(-c3ncco3)sc21)OC1COC1. The van der Waals surface area contributed by atoms with Crippen molar-refractivity contribution in [1.82, 2.24) is 14.1 Å². The summed E-state index contributed by atoms with van der Waals surface area (Å²) in [7, 11) is 1.55. The van der Waals surface area contributed by atoms with E-state index in [-0.39, 0.29) is 18.0 Å². The summed E-state index contributed by atoms with van der Waals surface area (Å²) in [4.78, 5) is 45.0. The first-order valence-corrected chi connectivity index (χ1v) is 12.8. The highest BCUT2D eigenvalue weighted by Gasteiger charge is 2.36. The predicted molar refractivity (Wildman–Crippen MR) is 139 cm³/mol. The number of hydrogen-bond donors (Lipinski definition) is 1. The van der Waals surface area contributed by atoms with Gasteiger partial charge in [-0.2, -0.15) is 0 Å². The lowest BCUT2D eigenvalue weighted by Crippen LogP contribution is -2.52. The summed E-state index contributed by atoms with van der Waals surface area (Å²) in [5.74, 6) is -0.438. The van der Waals surface area contributed by atoms with E-state index in [4.69, 9.17) is 18.6 Å². The maximum absolute atomic E-state index is 14.0. The zero-order chi connectivity index (χ0) is 27.2. The van der Waals surface area contributed by atoms with Crippen LogP contribution < -0.4 is 16.0 Å². The van der Waals surface area contributed by atoms with Gasteiger partial charge in [0, 0.05) is 5.56 Å². The fourth-order valence-electron chi connectivity index (χ4n) is 4.47. The van der Waals surface area contributed by atoms with Crippen molar-refractivity contribution >= 4 is 27.5 Å². The summed E-state index contributed by atoms with van der Waals surface area (Å²) in [6.07, 6.45) is 2.06. The third-order valence-electron chi connectivity index (χ3n) is 6.72. The summed E-state index contributed by atoms with van der Waals surface area (Å²) in [5, 5.41) is 10.2. The highest BCUT2D eigenvalue weighted by molar-refractivity contribution is 7.22. The van der Waals surface area contributed by atoms with Gasteiger partial charge in [-0.1, -0.05) is 18.2 Å². The van der Waals surface area contributed by atoms with Crippen molar-refractivity contribution in [2.45, 2.75) is 45.1 Å². The van der Waals surface area contributed by atoms with Crippen LogP contribution in [0.15, 0.2) is 50.7 Å². The molecule has 1 atom stereocenters. The number of nitrogens with zero attached hydrogens (tertiary/aromatic N) is 3. The van der Waals surface area contributed by atoms with Crippen LogP contribution in [-0.4, -0.2) is 51.6 Å². The van der Waals surface area contributed by atoms with Crippen LogP contribution in [0.25, 0.3) is 21.0 Å². The summed E-state index contributed by atoms with van der Waals surface area (Å²) in [5.41, 5.74) is -2.02. The molecule has 0 radical (unpaired) electrons. The Morgan fingerprint density at radius 1 is 1.29 bits per heavy atom. The number of ether oxygens (including phenoxy) is 3. The van der Waals surface area contributed by atoms with Gasteiger partial charge in [0.15, 0.2) is 0 Å². The standard InChI is InChI=1S/C26H27N3O8S/c1-14-19-22(30)29(26(2,3)24(31)32)25(33)28(23(19)38-20(14)21-27-9-10-36-21)11-18(37-15-12-35-13-15)16-7-5-6-8-17(16)34-4/h5-10,15,18H,11-13H2,1-4H3,(H,31,32). The molecule has 38 heavy (non-hydrogen) atoms. The number of para-hydroxylation sites is 1. The Bertz CT molecular complexity index is 1610. The quantitative estimate of drug-likeness (QED) is 0.339. The minimum Gasteiger partial charge on any atom is -0.496 e. The molecule has 1 aliphatic rings. The number of aryl methyl sites for hydroxylation is 1. The second-order valence-electron chi connectivity index (χ2n) is 9.50. The number of carboxylic acid groups (broad SMARTS) is 1. The first kappa shape index (κ1) is 25.9. The number of methoxy groups -OCH3 is 1. The number of hydrogen-bond acceptors (Lipinski definition) is 9. The first-order chi connectivity index (χ1) is 18.1. The zero-order valence-electron chi connectivity index (χ0n) is 21.3. The average molecular weight is 542 g/mol. The van der Waals surface area contributed by atoms with Crippen LogP contribution in [0.3, 0.4) is 0 Å². The Morgan fingerprint density at radius 2 is 2.03 bits per heavy atom. The molecule has 0 saturated carbocycles. The van der Waals surface area contributed by atoms with E-state index in [0.717, 1.165) is 4.57 Å². The molecule has 1 saturated heterocycles. The van der Waals surface area contributed by atoms with Crippen molar-refractivity contribution in [3.8, 4) is 16.5 Å². The number of fused-ring (bicyclic) bond motifs is 1. The molecular formula is C26H27N3O8S. The third kappa shape index (κ3) is 4.24. The van der Waals surface area contributed by atoms with Gasteiger partial charge in [-0.3, -0.25) is 9.36 Å². The van der Waals surface area contributed by atoms with Crippen LogP contribution >= 0.6 is 11.3 Å². The van der Waals surface area contributed by atoms with Gasteiger partial charge < -0.3 is 23.7 Å². The molecule has 0 aliphatic carbocycles. The summed E-state index contributed by atoms with van der Waals surface area (Å²) in [6, 6.07) is 7.32. The number of carbonyl (C=O) groups is 1. The lowest BCUT2D eigenvalue weighted by Gasteiger charge is -2.32.